The first-order valence-corrected chi connectivity index (χ1v) is 6.00. The van der Waals surface area contributed by atoms with E-state index < -0.39 is 11.1 Å². The lowest BCUT2D eigenvalue weighted by Gasteiger charge is -2.26. The third-order valence-electron chi connectivity index (χ3n) is 3.53. The first-order valence-electron chi connectivity index (χ1n) is 6.00. The number of H-pyrrole nitrogens is 2. The Labute approximate surface area is 108 Å². The quantitative estimate of drug-likeness (QED) is 0.653. The first kappa shape index (κ1) is 11.7. The van der Waals surface area contributed by atoms with Crippen molar-refractivity contribution in [1.29, 1.82) is 5.26 Å². The predicted molar refractivity (Wildman–Crippen MR) is 69.9 cm³/mol. The van der Waals surface area contributed by atoms with Crippen molar-refractivity contribution in [3.63, 3.8) is 0 Å². The van der Waals surface area contributed by atoms with Crippen LogP contribution in [0.3, 0.4) is 0 Å². The number of aromatic nitrogens is 2. The maximum atomic E-state index is 11.5. The van der Waals surface area contributed by atoms with Gasteiger partial charge in [0.05, 0.1) is 22.7 Å². The van der Waals surface area contributed by atoms with Crippen LogP contribution in [-0.2, 0) is 13.0 Å². The third-order valence-corrected chi connectivity index (χ3v) is 3.53. The van der Waals surface area contributed by atoms with Crippen molar-refractivity contribution in [3.8, 4) is 6.07 Å². The Morgan fingerprint density at radius 1 is 1.26 bits per heavy atom. The Morgan fingerprint density at radius 3 is 2.74 bits per heavy atom. The van der Waals surface area contributed by atoms with Gasteiger partial charge in [0, 0.05) is 13.1 Å². The van der Waals surface area contributed by atoms with Crippen LogP contribution < -0.4 is 11.1 Å². The minimum absolute atomic E-state index is 0.518. The molecule has 6 nitrogen and oxygen atoms in total. The summed E-state index contributed by atoms with van der Waals surface area (Å²) in [6, 6.07) is 3.79. The van der Waals surface area contributed by atoms with E-state index in [9.17, 15) is 14.9 Å². The fraction of sp³-hybridized carbons (Fsp3) is 0.308. The second kappa shape index (κ2) is 4.07. The van der Waals surface area contributed by atoms with E-state index >= 15 is 0 Å². The molecular weight excluding hydrogens is 244 g/mol. The zero-order valence-corrected chi connectivity index (χ0v) is 10.4. The lowest BCUT2D eigenvalue weighted by molar-refractivity contribution is 0.313. The summed E-state index contributed by atoms with van der Waals surface area (Å²) in [5, 5.41) is 9.23. The molecule has 1 aromatic heterocycles. The molecule has 0 atom stereocenters. The van der Waals surface area contributed by atoms with Crippen molar-refractivity contribution >= 4 is 11.0 Å². The number of hydrogen-bond acceptors (Lipinski definition) is 4. The number of benzene rings is 1. The van der Waals surface area contributed by atoms with E-state index in [1.54, 1.807) is 6.07 Å². The Morgan fingerprint density at radius 2 is 2.00 bits per heavy atom. The summed E-state index contributed by atoms with van der Waals surface area (Å²) in [5.41, 5.74) is 2.27. The van der Waals surface area contributed by atoms with Crippen molar-refractivity contribution in [2.45, 2.75) is 13.0 Å². The third kappa shape index (κ3) is 1.75. The summed E-state index contributed by atoms with van der Waals surface area (Å²) >= 11 is 0. The van der Waals surface area contributed by atoms with Gasteiger partial charge >= 0.3 is 11.1 Å². The summed E-state index contributed by atoms with van der Waals surface area (Å²) in [6.45, 7) is 1.54. The molecule has 0 bridgehead atoms. The maximum absolute atomic E-state index is 11.5. The van der Waals surface area contributed by atoms with E-state index in [1.165, 1.54) is 0 Å². The lowest BCUT2D eigenvalue weighted by atomic mass is 9.94. The molecule has 0 saturated heterocycles. The van der Waals surface area contributed by atoms with Gasteiger partial charge in [-0.1, -0.05) is 0 Å². The smallest absolute Gasteiger partial charge is 0.314 e. The van der Waals surface area contributed by atoms with Crippen LogP contribution in [0, 0.1) is 11.3 Å². The van der Waals surface area contributed by atoms with Crippen LogP contribution in [0.5, 0.6) is 0 Å². The molecule has 0 unspecified atom stereocenters. The van der Waals surface area contributed by atoms with E-state index in [1.807, 2.05) is 7.05 Å². The van der Waals surface area contributed by atoms with Crippen molar-refractivity contribution in [2.24, 2.45) is 0 Å². The zero-order chi connectivity index (χ0) is 13.6. The topological polar surface area (TPSA) is 92.8 Å². The van der Waals surface area contributed by atoms with Gasteiger partial charge in [-0.25, -0.2) is 0 Å². The fourth-order valence-electron chi connectivity index (χ4n) is 2.58. The Hall–Kier alpha value is -2.39. The molecule has 0 radical (unpaired) electrons. The van der Waals surface area contributed by atoms with Crippen molar-refractivity contribution in [3.05, 3.63) is 43.5 Å². The van der Waals surface area contributed by atoms with Crippen molar-refractivity contribution in [2.75, 3.05) is 13.6 Å². The summed E-state index contributed by atoms with van der Waals surface area (Å²) < 4.78 is 0. The van der Waals surface area contributed by atoms with Gasteiger partial charge in [-0.2, -0.15) is 5.26 Å². The zero-order valence-electron chi connectivity index (χ0n) is 10.4. The molecule has 6 heteroatoms. The Bertz CT molecular complexity index is 825. The molecule has 0 amide bonds. The van der Waals surface area contributed by atoms with Crippen molar-refractivity contribution in [1.82, 2.24) is 14.9 Å². The molecule has 0 spiro atoms. The van der Waals surface area contributed by atoms with Gasteiger partial charge in [0.15, 0.2) is 0 Å². The average molecular weight is 256 g/mol. The van der Waals surface area contributed by atoms with E-state index in [4.69, 9.17) is 0 Å². The van der Waals surface area contributed by atoms with Gasteiger partial charge < -0.3 is 14.9 Å². The van der Waals surface area contributed by atoms with E-state index in [-0.39, 0.29) is 0 Å². The summed E-state index contributed by atoms with van der Waals surface area (Å²) in [7, 11) is 1.99. The minimum atomic E-state index is -0.690. The second-order valence-electron chi connectivity index (χ2n) is 4.81. The number of rotatable bonds is 0. The molecule has 0 aliphatic carbocycles. The normalized spacial score (nSPS) is 15.2. The molecule has 1 aliphatic heterocycles. The number of fused-ring (bicyclic) bond motifs is 3. The lowest BCUT2D eigenvalue weighted by Crippen LogP contribution is -2.32. The number of hydrogen-bond donors (Lipinski definition) is 2. The van der Waals surface area contributed by atoms with Crippen molar-refractivity contribution < 1.29 is 0 Å². The molecule has 0 fully saturated rings. The van der Waals surface area contributed by atoms with Gasteiger partial charge in [-0.05, 0) is 30.7 Å². The van der Waals surface area contributed by atoms with Crippen LogP contribution in [0.1, 0.15) is 16.7 Å². The molecular formula is C13H12N4O2. The highest BCUT2D eigenvalue weighted by Crippen LogP contribution is 2.27. The summed E-state index contributed by atoms with van der Waals surface area (Å²) in [5.74, 6) is 0. The van der Waals surface area contributed by atoms with Gasteiger partial charge in [0.25, 0.3) is 0 Å². The van der Waals surface area contributed by atoms with Crippen LogP contribution >= 0.6 is 0 Å². The SMILES string of the molecule is CN1CCc2c(c(C#N)cc3[nH]c(=O)c(=O)[nH]c23)C1. The second-order valence-corrected chi connectivity index (χ2v) is 4.81. The molecule has 1 aliphatic rings. The first-order chi connectivity index (χ1) is 9.10. The predicted octanol–water partition coefficient (Wildman–Crippen LogP) is 0.0760. The number of nitrogens with zero attached hydrogens (tertiary/aromatic N) is 2. The highest BCUT2D eigenvalue weighted by molar-refractivity contribution is 5.81. The molecule has 1 aromatic carbocycles. The molecule has 2 aromatic rings. The van der Waals surface area contributed by atoms with Gasteiger partial charge in [-0.15, -0.1) is 0 Å². The minimum Gasteiger partial charge on any atom is -0.316 e. The number of nitriles is 1. The average Bonchev–Trinajstić information content (AvgIpc) is 2.39. The Kier molecular flexibility index (Phi) is 2.50. The Balaban J connectivity index is 2.44. The maximum Gasteiger partial charge on any atom is 0.314 e. The highest BCUT2D eigenvalue weighted by atomic mass is 16.2. The molecule has 3 rings (SSSR count). The molecule has 0 saturated carbocycles. The number of aromatic amines is 2. The van der Waals surface area contributed by atoms with Gasteiger partial charge in [0.2, 0.25) is 0 Å². The summed E-state index contributed by atoms with van der Waals surface area (Å²) in [4.78, 5) is 30.1. The van der Waals surface area contributed by atoms with Crippen LogP contribution in [0.2, 0.25) is 0 Å². The fourth-order valence-corrected chi connectivity index (χ4v) is 2.58. The van der Waals surface area contributed by atoms with Crippen LogP contribution in [0.25, 0.3) is 11.0 Å². The van der Waals surface area contributed by atoms with Gasteiger partial charge in [0.1, 0.15) is 0 Å². The van der Waals surface area contributed by atoms with Gasteiger partial charge in [-0.3, -0.25) is 9.59 Å². The molecule has 19 heavy (non-hydrogen) atoms. The summed E-state index contributed by atoms with van der Waals surface area (Å²) in [6.07, 6.45) is 0.750. The van der Waals surface area contributed by atoms with E-state index in [2.05, 4.69) is 20.9 Å². The van der Waals surface area contributed by atoms with E-state index in [0.29, 0.717) is 23.1 Å². The standard InChI is InChI=1S/C13H12N4O2/c1-17-3-2-8-9(6-17)7(5-14)4-10-11(8)16-13(19)12(18)15-10/h4H,2-3,6H2,1H3,(H,15,18)(H,16,19). The van der Waals surface area contributed by atoms with Crippen LogP contribution in [0.4, 0.5) is 0 Å². The van der Waals surface area contributed by atoms with E-state index in [0.717, 1.165) is 24.1 Å². The number of nitrogens with one attached hydrogen (secondary N) is 2. The van der Waals surface area contributed by atoms with Crippen LogP contribution in [0.15, 0.2) is 15.7 Å². The molecule has 96 valence electrons. The molecule has 2 heterocycles. The highest BCUT2D eigenvalue weighted by Gasteiger charge is 2.20. The molecule has 2 N–H and O–H groups in total. The number of likely N-dealkylation sites (N-methyl/N-ethyl adjacent to an activating group) is 1. The monoisotopic (exact) mass is 256 g/mol. The van der Waals surface area contributed by atoms with Crippen LogP contribution in [-0.4, -0.2) is 28.5 Å². The largest absolute Gasteiger partial charge is 0.316 e.